The Kier molecular flexibility index (Phi) is 3.93. The summed E-state index contributed by atoms with van der Waals surface area (Å²) < 4.78 is 0. The molecule has 0 spiro atoms. The average molecular weight is 223 g/mol. The third kappa shape index (κ3) is 3.64. The molecule has 86 valence electrons. The highest BCUT2D eigenvalue weighted by Crippen LogP contribution is 1.97. The van der Waals surface area contributed by atoms with Gasteiger partial charge in [-0.3, -0.25) is 14.6 Å². The van der Waals surface area contributed by atoms with Crippen LogP contribution in [0.15, 0.2) is 12.4 Å². The Hall–Kier alpha value is -1.98. The fourth-order valence-electron chi connectivity index (χ4n) is 1.12. The van der Waals surface area contributed by atoms with Crippen molar-refractivity contribution in [3.8, 4) is 0 Å². The molecule has 0 radical (unpaired) electrons. The largest absolute Gasteiger partial charge is 0.481 e. The number of amides is 1. The first-order chi connectivity index (χ1) is 7.49. The highest BCUT2D eigenvalue weighted by atomic mass is 16.4. The van der Waals surface area contributed by atoms with Crippen molar-refractivity contribution in [2.24, 2.45) is 0 Å². The quantitative estimate of drug-likeness (QED) is 0.769. The van der Waals surface area contributed by atoms with Crippen LogP contribution in [0.2, 0.25) is 0 Å². The van der Waals surface area contributed by atoms with Gasteiger partial charge in [-0.2, -0.15) is 0 Å². The van der Waals surface area contributed by atoms with Crippen LogP contribution < -0.4 is 5.32 Å². The summed E-state index contributed by atoms with van der Waals surface area (Å²) in [4.78, 5) is 29.8. The fourth-order valence-corrected chi connectivity index (χ4v) is 1.12. The van der Waals surface area contributed by atoms with Gasteiger partial charge in [-0.25, -0.2) is 4.98 Å². The van der Waals surface area contributed by atoms with Crippen molar-refractivity contribution in [3.05, 3.63) is 23.8 Å². The van der Waals surface area contributed by atoms with E-state index >= 15 is 0 Å². The molecule has 0 aromatic carbocycles. The van der Waals surface area contributed by atoms with Gasteiger partial charge in [-0.15, -0.1) is 0 Å². The van der Waals surface area contributed by atoms with Crippen LogP contribution in [0.1, 0.15) is 29.5 Å². The molecule has 1 rings (SSSR count). The minimum absolute atomic E-state index is 0.120. The summed E-state index contributed by atoms with van der Waals surface area (Å²) in [6.07, 6.45) is 2.72. The van der Waals surface area contributed by atoms with Crippen molar-refractivity contribution < 1.29 is 14.7 Å². The second kappa shape index (κ2) is 5.20. The third-order valence-corrected chi connectivity index (χ3v) is 1.87. The highest BCUT2D eigenvalue weighted by molar-refractivity contribution is 5.92. The summed E-state index contributed by atoms with van der Waals surface area (Å²) in [5, 5.41) is 11.0. The zero-order valence-electron chi connectivity index (χ0n) is 9.10. The average Bonchev–Trinajstić information content (AvgIpc) is 2.16. The van der Waals surface area contributed by atoms with Crippen LogP contribution in [0.25, 0.3) is 0 Å². The summed E-state index contributed by atoms with van der Waals surface area (Å²) >= 11 is 0. The number of carboxylic acids is 1. The number of hydrogen-bond donors (Lipinski definition) is 2. The predicted octanol–water partition coefficient (Wildman–Crippen LogP) is 0.378. The number of carboxylic acid groups (broad SMARTS) is 1. The zero-order valence-corrected chi connectivity index (χ0v) is 9.10. The summed E-state index contributed by atoms with van der Waals surface area (Å²) in [7, 11) is 0. The molecule has 0 fully saturated rings. The van der Waals surface area contributed by atoms with Crippen molar-refractivity contribution in [2.75, 3.05) is 0 Å². The maximum atomic E-state index is 11.5. The van der Waals surface area contributed by atoms with Gasteiger partial charge >= 0.3 is 5.97 Å². The van der Waals surface area contributed by atoms with Crippen LogP contribution in [0.3, 0.4) is 0 Å². The number of rotatable bonds is 4. The Morgan fingerprint density at radius 2 is 2.12 bits per heavy atom. The number of aromatic nitrogens is 2. The van der Waals surface area contributed by atoms with E-state index in [4.69, 9.17) is 5.11 Å². The Bertz CT molecular complexity index is 389. The fraction of sp³-hybridized carbons (Fsp3) is 0.400. The monoisotopic (exact) mass is 223 g/mol. The number of aryl methyl sites for hydroxylation is 1. The second-order valence-corrected chi connectivity index (χ2v) is 3.52. The molecule has 0 saturated carbocycles. The van der Waals surface area contributed by atoms with Gasteiger partial charge in [0.25, 0.3) is 5.91 Å². The molecule has 1 amide bonds. The first-order valence-corrected chi connectivity index (χ1v) is 4.80. The van der Waals surface area contributed by atoms with Gasteiger partial charge in [0.15, 0.2) is 0 Å². The number of aliphatic carboxylic acids is 1. The molecule has 1 aromatic heterocycles. The summed E-state index contributed by atoms with van der Waals surface area (Å²) in [5.41, 5.74) is 0.901. The first kappa shape index (κ1) is 12.1. The molecule has 0 aliphatic carbocycles. The van der Waals surface area contributed by atoms with Gasteiger partial charge in [-0.1, -0.05) is 0 Å². The summed E-state index contributed by atoms with van der Waals surface area (Å²) in [5.74, 6) is -1.37. The molecular weight excluding hydrogens is 210 g/mol. The van der Waals surface area contributed by atoms with Crippen molar-refractivity contribution in [3.63, 3.8) is 0 Å². The van der Waals surface area contributed by atoms with Crippen LogP contribution in [0.4, 0.5) is 0 Å². The molecule has 0 saturated heterocycles. The van der Waals surface area contributed by atoms with E-state index in [9.17, 15) is 9.59 Å². The third-order valence-electron chi connectivity index (χ3n) is 1.87. The number of nitrogens with zero attached hydrogens (tertiary/aromatic N) is 2. The Morgan fingerprint density at radius 3 is 2.62 bits per heavy atom. The number of nitrogens with one attached hydrogen (secondary N) is 1. The van der Waals surface area contributed by atoms with Crippen LogP contribution in [-0.4, -0.2) is 33.0 Å². The Balaban J connectivity index is 2.58. The lowest BCUT2D eigenvalue weighted by Crippen LogP contribution is -2.34. The number of carbonyl (C=O) groups excluding carboxylic acids is 1. The van der Waals surface area contributed by atoms with Crippen LogP contribution in [0.5, 0.6) is 0 Å². The molecule has 0 bridgehead atoms. The van der Waals surface area contributed by atoms with E-state index in [2.05, 4.69) is 15.3 Å². The maximum Gasteiger partial charge on any atom is 0.305 e. The topological polar surface area (TPSA) is 92.2 Å². The maximum absolute atomic E-state index is 11.5. The van der Waals surface area contributed by atoms with E-state index in [0.717, 1.165) is 5.69 Å². The SMILES string of the molecule is Cc1cnc(C(=O)NC(C)CC(=O)O)cn1. The number of carbonyl (C=O) groups is 2. The Morgan fingerprint density at radius 1 is 1.44 bits per heavy atom. The minimum atomic E-state index is -0.956. The normalized spacial score (nSPS) is 11.9. The van der Waals surface area contributed by atoms with E-state index < -0.39 is 17.9 Å². The van der Waals surface area contributed by atoms with Crippen LogP contribution in [-0.2, 0) is 4.79 Å². The number of hydrogen-bond acceptors (Lipinski definition) is 4. The standard InChI is InChI=1S/C10H13N3O3/c1-6(3-9(14)15)13-10(16)8-5-11-7(2)4-12-8/h4-6H,3H2,1-2H3,(H,13,16)(H,14,15). The van der Waals surface area contributed by atoms with E-state index in [0.29, 0.717) is 0 Å². The van der Waals surface area contributed by atoms with E-state index in [1.54, 1.807) is 13.8 Å². The molecule has 2 N–H and O–H groups in total. The molecule has 1 atom stereocenters. The summed E-state index contributed by atoms with van der Waals surface area (Å²) in [6.45, 7) is 3.38. The molecule has 0 aliphatic heterocycles. The van der Waals surface area contributed by atoms with Crippen molar-refractivity contribution in [1.29, 1.82) is 0 Å². The van der Waals surface area contributed by atoms with E-state index in [-0.39, 0.29) is 12.1 Å². The van der Waals surface area contributed by atoms with Crippen molar-refractivity contribution >= 4 is 11.9 Å². The highest BCUT2D eigenvalue weighted by Gasteiger charge is 2.13. The minimum Gasteiger partial charge on any atom is -0.481 e. The molecule has 16 heavy (non-hydrogen) atoms. The van der Waals surface area contributed by atoms with Gasteiger partial charge in [0.1, 0.15) is 5.69 Å². The second-order valence-electron chi connectivity index (χ2n) is 3.52. The first-order valence-electron chi connectivity index (χ1n) is 4.80. The smallest absolute Gasteiger partial charge is 0.305 e. The zero-order chi connectivity index (χ0) is 12.1. The molecule has 6 heteroatoms. The lowest BCUT2D eigenvalue weighted by Gasteiger charge is -2.10. The lowest BCUT2D eigenvalue weighted by molar-refractivity contribution is -0.137. The van der Waals surface area contributed by atoms with Gasteiger partial charge < -0.3 is 10.4 Å². The van der Waals surface area contributed by atoms with Gasteiger partial charge in [0.05, 0.1) is 18.3 Å². The van der Waals surface area contributed by atoms with E-state index in [1.807, 2.05) is 0 Å². The molecule has 1 heterocycles. The lowest BCUT2D eigenvalue weighted by atomic mass is 10.2. The van der Waals surface area contributed by atoms with Crippen LogP contribution in [0, 0.1) is 6.92 Å². The Labute approximate surface area is 92.7 Å². The molecule has 0 aliphatic rings. The van der Waals surface area contributed by atoms with Crippen molar-refractivity contribution in [2.45, 2.75) is 26.3 Å². The van der Waals surface area contributed by atoms with Gasteiger partial charge in [0, 0.05) is 12.2 Å². The van der Waals surface area contributed by atoms with Gasteiger partial charge in [0.2, 0.25) is 0 Å². The summed E-state index contributed by atoms with van der Waals surface area (Å²) in [6, 6.07) is -0.437. The molecular formula is C10H13N3O3. The van der Waals surface area contributed by atoms with E-state index in [1.165, 1.54) is 12.4 Å². The predicted molar refractivity (Wildman–Crippen MR) is 56.0 cm³/mol. The van der Waals surface area contributed by atoms with Crippen LogP contribution >= 0.6 is 0 Å². The van der Waals surface area contributed by atoms with Gasteiger partial charge in [-0.05, 0) is 13.8 Å². The molecule has 1 unspecified atom stereocenters. The molecule has 6 nitrogen and oxygen atoms in total. The van der Waals surface area contributed by atoms with Crippen molar-refractivity contribution in [1.82, 2.24) is 15.3 Å². The molecule has 1 aromatic rings.